The average molecular weight is 286 g/mol. The first-order chi connectivity index (χ1) is 9.92. The summed E-state index contributed by atoms with van der Waals surface area (Å²) in [4.78, 5) is 25.2. The molecular weight excluding hydrogens is 260 g/mol. The van der Waals surface area contributed by atoms with E-state index < -0.39 is 0 Å². The van der Waals surface area contributed by atoms with Gasteiger partial charge >= 0.3 is 0 Å². The van der Waals surface area contributed by atoms with Crippen LogP contribution >= 0.6 is 0 Å². The van der Waals surface area contributed by atoms with Gasteiger partial charge in [0, 0.05) is 23.2 Å². The van der Waals surface area contributed by atoms with Crippen LogP contribution in [-0.2, 0) is 9.59 Å². The highest BCUT2D eigenvalue weighted by atomic mass is 16.1. The number of hydrogen-bond donors (Lipinski definition) is 0. The molecule has 0 spiro atoms. The van der Waals surface area contributed by atoms with Gasteiger partial charge in [-0.3, -0.25) is 9.59 Å². The van der Waals surface area contributed by atoms with Crippen LogP contribution in [0.1, 0.15) is 58.8 Å². The van der Waals surface area contributed by atoms with Crippen LogP contribution in [0.25, 0.3) is 0 Å². The van der Waals surface area contributed by atoms with E-state index in [0.717, 1.165) is 38.0 Å². The summed E-state index contributed by atoms with van der Waals surface area (Å²) < 4.78 is 0. The van der Waals surface area contributed by atoms with Crippen molar-refractivity contribution in [2.45, 2.75) is 58.8 Å². The first kappa shape index (κ1) is 12.8. The topological polar surface area (TPSA) is 34.1 Å². The Labute approximate surface area is 127 Å². The number of ketones is 2. The molecule has 0 aromatic carbocycles. The van der Waals surface area contributed by atoms with Crippen molar-refractivity contribution in [3.8, 4) is 0 Å². The molecule has 21 heavy (non-hydrogen) atoms. The van der Waals surface area contributed by atoms with Crippen molar-refractivity contribution in [2.24, 2.45) is 46.3 Å². The summed E-state index contributed by atoms with van der Waals surface area (Å²) in [6.07, 6.45) is 8.26. The lowest BCUT2D eigenvalue weighted by Crippen LogP contribution is -2.59. The van der Waals surface area contributed by atoms with Crippen molar-refractivity contribution in [1.29, 1.82) is 0 Å². The minimum absolute atomic E-state index is 0.0411. The third-order valence-corrected chi connectivity index (χ3v) is 8.32. The van der Waals surface area contributed by atoms with Crippen molar-refractivity contribution in [2.75, 3.05) is 0 Å². The Balaban J connectivity index is 1.53. The number of hydrogen-bond acceptors (Lipinski definition) is 2. The molecule has 6 saturated carbocycles. The quantitative estimate of drug-likeness (QED) is 0.737. The van der Waals surface area contributed by atoms with Gasteiger partial charge < -0.3 is 0 Å². The Morgan fingerprint density at radius 1 is 1.05 bits per heavy atom. The largest absolute Gasteiger partial charge is 0.299 e. The summed E-state index contributed by atoms with van der Waals surface area (Å²) in [7, 11) is 0. The van der Waals surface area contributed by atoms with E-state index in [1.165, 1.54) is 12.8 Å². The lowest BCUT2D eigenvalue weighted by molar-refractivity contribution is -0.171. The summed E-state index contributed by atoms with van der Waals surface area (Å²) in [5.41, 5.74) is 0.310. The van der Waals surface area contributed by atoms with Crippen LogP contribution in [0, 0.1) is 46.3 Å². The van der Waals surface area contributed by atoms with Crippen LogP contribution in [0.4, 0.5) is 0 Å². The van der Waals surface area contributed by atoms with Gasteiger partial charge in [0.25, 0.3) is 0 Å². The Kier molecular flexibility index (Phi) is 2.22. The molecule has 0 amide bonds. The van der Waals surface area contributed by atoms with Gasteiger partial charge in [-0.05, 0) is 68.1 Å². The fourth-order valence-electron chi connectivity index (χ4n) is 7.86. The summed E-state index contributed by atoms with van der Waals surface area (Å²) in [6.45, 7) is 4.38. The lowest BCUT2D eigenvalue weighted by Gasteiger charge is -2.63. The molecular formula is C19H26O2. The van der Waals surface area contributed by atoms with Crippen LogP contribution in [0.15, 0.2) is 0 Å². The van der Waals surface area contributed by atoms with Crippen molar-refractivity contribution in [3.63, 3.8) is 0 Å². The summed E-state index contributed by atoms with van der Waals surface area (Å²) >= 11 is 0. The van der Waals surface area contributed by atoms with Gasteiger partial charge in [-0.15, -0.1) is 0 Å². The van der Waals surface area contributed by atoms with Crippen LogP contribution in [0.2, 0.25) is 0 Å². The first-order valence-electron chi connectivity index (χ1n) is 9.00. The summed E-state index contributed by atoms with van der Waals surface area (Å²) in [5, 5.41) is 0. The van der Waals surface area contributed by atoms with Crippen molar-refractivity contribution in [1.82, 2.24) is 0 Å². The number of rotatable bonds is 1. The lowest BCUT2D eigenvalue weighted by atomic mass is 9.40. The molecule has 6 fully saturated rings. The van der Waals surface area contributed by atoms with E-state index >= 15 is 0 Å². The van der Waals surface area contributed by atoms with E-state index in [9.17, 15) is 9.59 Å². The Morgan fingerprint density at radius 3 is 2.52 bits per heavy atom. The van der Waals surface area contributed by atoms with Gasteiger partial charge in [-0.2, -0.15) is 0 Å². The van der Waals surface area contributed by atoms with Gasteiger partial charge in [-0.25, -0.2) is 0 Å². The molecule has 114 valence electrons. The molecule has 8 atom stereocenters. The average Bonchev–Trinajstić information content (AvgIpc) is 2.97. The second kappa shape index (κ2) is 3.63. The maximum atomic E-state index is 12.7. The van der Waals surface area contributed by atoms with E-state index in [-0.39, 0.29) is 5.41 Å². The molecule has 0 saturated heterocycles. The zero-order chi connectivity index (χ0) is 14.6. The highest BCUT2D eigenvalue weighted by molar-refractivity contribution is 5.89. The fraction of sp³-hybridized carbons (Fsp3) is 0.895. The predicted octanol–water partition coefficient (Wildman–Crippen LogP) is 3.63. The molecule has 2 nitrogen and oxygen atoms in total. The third kappa shape index (κ3) is 1.40. The number of fused-ring (bicyclic) bond motifs is 2. The van der Waals surface area contributed by atoms with Gasteiger partial charge in [0.15, 0.2) is 0 Å². The Hall–Kier alpha value is -0.660. The molecule has 6 bridgehead atoms. The number of carbonyl (C=O) groups excluding carboxylic acids is 2. The highest BCUT2D eigenvalue weighted by Gasteiger charge is 2.66. The van der Waals surface area contributed by atoms with Gasteiger partial charge in [0.2, 0.25) is 0 Å². The second-order valence-corrected chi connectivity index (χ2v) is 9.51. The minimum atomic E-state index is -0.0411. The molecule has 0 N–H and O–H groups in total. The molecule has 6 aliphatic rings. The maximum Gasteiger partial charge on any atom is 0.141 e. The zero-order valence-corrected chi connectivity index (χ0v) is 13.2. The molecule has 2 heteroatoms. The van der Waals surface area contributed by atoms with E-state index in [4.69, 9.17) is 0 Å². The smallest absolute Gasteiger partial charge is 0.141 e. The second-order valence-electron chi connectivity index (χ2n) is 9.51. The monoisotopic (exact) mass is 286 g/mol. The first-order valence-corrected chi connectivity index (χ1v) is 9.00. The zero-order valence-electron chi connectivity index (χ0n) is 13.2. The van der Waals surface area contributed by atoms with E-state index in [1.54, 1.807) is 0 Å². The van der Waals surface area contributed by atoms with Crippen LogP contribution in [0.3, 0.4) is 0 Å². The predicted molar refractivity (Wildman–Crippen MR) is 79.5 cm³/mol. The van der Waals surface area contributed by atoms with Crippen molar-refractivity contribution in [3.05, 3.63) is 0 Å². The molecule has 0 heterocycles. The summed E-state index contributed by atoms with van der Waals surface area (Å²) in [5.74, 6) is 4.17. The molecule has 0 aromatic heterocycles. The Morgan fingerprint density at radius 2 is 1.86 bits per heavy atom. The number of carbonyl (C=O) groups is 2. The Bertz CT molecular complexity index is 552. The molecule has 0 aromatic rings. The fourth-order valence-corrected chi connectivity index (χ4v) is 7.86. The van der Waals surface area contributed by atoms with E-state index in [0.29, 0.717) is 46.6 Å². The maximum absolute atomic E-state index is 12.7. The van der Waals surface area contributed by atoms with E-state index in [1.807, 2.05) is 0 Å². The molecule has 6 aliphatic carbocycles. The molecule has 6 rings (SSSR count). The highest BCUT2D eigenvalue weighted by Crippen LogP contribution is 2.70. The normalized spacial score (nSPS) is 61.0. The van der Waals surface area contributed by atoms with Crippen LogP contribution in [0.5, 0.6) is 0 Å². The SMILES string of the molecule is CC1C(=O)C2CC1CC2C12CC3CC(C1)C(=O)C(C)(C3)C2. The minimum Gasteiger partial charge on any atom is -0.299 e. The summed E-state index contributed by atoms with van der Waals surface area (Å²) in [6, 6.07) is 0. The third-order valence-electron chi connectivity index (χ3n) is 8.32. The van der Waals surface area contributed by atoms with E-state index in [2.05, 4.69) is 13.8 Å². The van der Waals surface area contributed by atoms with Gasteiger partial charge in [0.1, 0.15) is 11.6 Å². The van der Waals surface area contributed by atoms with Gasteiger partial charge in [0.05, 0.1) is 0 Å². The standard InChI is InChI=1S/C19H26O2/c1-10-12-4-14(16(10)20)15(5-12)19-7-11-3-13(8-19)17(21)18(2,6-11)9-19/h10-15H,3-9H2,1-2H3. The van der Waals surface area contributed by atoms with Crippen molar-refractivity contribution < 1.29 is 9.59 Å². The molecule has 8 unspecified atom stereocenters. The molecule has 0 radical (unpaired) electrons. The number of Topliss-reactive ketones (excluding diaryl/α,β-unsaturated/α-hetero) is 2. The molecule has 0 aliphatic heterocycles. The van der Waals surface area contributed by atoms with Crippen LogP contribution < -0.4 is 0 Å². The van der Waals surface area contributed by atoms with Gasteiger partial charge in [-0.1, -0.05) is 13.8 Å². The van der Waals surface area contributed by atoms with Crippen LogP contribution in [-0.4, -0.2) is 11.6 Å². The van der Waals surface area contributed by atoms with Crippen molar-refractivity contribution >= 4 is 11.6 Å².